The smallest absolute Gasteiger partial charge is 0.0943 e. The largest absolute Gasteiger partial charge is 0.390 e. The van der Waals surface area contributed by atoms with Crippen molar-refractivity contribution in [3.05, 3.63) is 18.0 Å². The van der Waals surface area contributed by atoms with Crippen LogP contribution < -0.4 is 0 Å². The van der Waals surface area contributed by atoms with Gasteiger partial charge in [0, 0.05) is 25.8 Å². The van der Waals surface area contributed by atoms with Crippen LogP contribution >= 0.6 is 0 Å². The normalized spacial score (nSPS) is 20.2. The molecule has 0 bridgehead atoms. The molecule has 1 aliphatic rings. The molecule has 0 saturated heterocycles. The predicted octanol–water partition coefficient (Wildman–Crippen LogP) is 2.16. The van der Waals surface area contributed by atoms with E-state index in [-0.39, 0.29) is 5.60 Å². The highest BCUT2D eigenvalue weighted by Crippen LogP contribution is 2.37. The molecule has 0 amide bonds. The standard InChI is InChI=1S/C14H24N2O2/c1-3-16-11-12(10-15-16)9-13(17)14(18-4-2)7-5-6-8-14/h10-11,13,17H,3-9H2,1-2H3. The molecule has 0 spiro atoms. The maximum Gasteiger partial charge on any atom is 0.0943 e. The van der Waals surface area contributed by atoms with Gasteiger partial charge >= 0.3 is 0 Å². The van der Waals surface area contributed by atoms with Crippen LogP contribution in [0.2, 0.25) is 0 Å². The fourth-order valence-electron chi connectivity index (χ4n) is 2.93. The van der Waals surface area contributed by atoms with Gasteiger partial charge in [0.15, 0.2) is 0 Å². The summed E-state index contributed by atoms with van der Waals surface area (Å²) in [6.45, 7) is 5.60. The van der Waals surface area contributed by atoms with E-state index in [0.29, 0.717) is 13.0 Å². The van der Waals surface area contributed by atoms with Crippen LogP contribution in [0.3, 0.4) is 0 Å². The van der Waals surface area contributed by atoms with Gasteiger partial charge in [-0.1, -0.05) is 12.8 Å². The fraction of sp³-hybridized carbons (Fsp3) is 0.786. The number of hydrogen-bond acceptors (Lipinski definition) is 3. The summed E-state index contributed by atoms with van der Waals surface area (Å²) in [7, 11) is 0. The Hall–Kier alpha value is -0.870. The van der Waals surface area contributed by atoms with Crippen molar-refractivity contribution in [3.63, 3.8) is 0 Å². The first-order chi connectivity index (χ1) is 8.70. The molecule has 4 nitrogen and oxygen atoms in total. The Morgan fingerprint density at radius 3 is 2.72 bits per heavy atom. The van der Waals surface area contributed by atoms with E-state index in [1.165, 1.54) is 0 Å². The van der Waals surface area contributed by atoms with Crippen molar-refractivity contribution >= 4 is 0 Å². The topological polar surface area (TPSA) is 47.3 Å². The van der Waals surface area contributed by atoms with Crippen LogP contribution in [0.15, 0.2) is 12.4 Å². The van der Waals surface area contributed by atoms with E-state index in [0.717, 1.165) is 37.8 Å². The van der Waals surface area contributed by atoms with Gasteiger partial charge in [0.2, 0.25) is 0 Å². The zero-order valence-electron chi connectivity index (χ0n) is 11.4. The first-order valence-electron chi connectivity index (χ1n) is 7.03. The number of aliphatic hydroxyl groups is 1. The SMILES string of the molecule is CCOC1(C(O)Cc2cnn(CC)c2)CCCC1. The zero-order chi connectivity index (χ0) is 13.0. The molecule has 1 aromatic rings. The summed E-state index contributed by atoms with van der Waals surface area (Å²) >= 11 is 0. The van der Waals surface area contributed by atoms with Gasteiger partial charge < -0.3 is 9.84 Å². The van der Waals surface area contributed by atoms with Crippen LogP contribution in [0.5, 0.6) is 0 Å². The van der Waals surface area contributed by atoms with Crippen LogP contribution in [0.1, 0.15) is 45.1 Å². The van der Waals surface area contributed by atoms with E-state index in [1.807, 2.05) is 24.0 Å². The predicted molar refractivity (Wildman–Crippen MR) is 70.4 cm³/mol. The lowest BCUT2D eigenvalue weighted by Crippen LogP contribution is -2.43. The van der Waals surface area contributed by atoms with Gasteiger partial charge in [-0.25, -0.2) is 0 Å². The van der Waals surface area contributed by atoms with E-state index in [1.54, 1.807) is 0 Å². The van der Waals surface area contributed by atoms with Crippen LogP contribution in [-0.4, -0.2) is 33.2 Å². The maximum atomic E-state index is 10.5. The summed E-state index contributed by atoms with van der Waals surface area (Å²) in [6.07, 6.45) is 8.35. The molecule has 4 heteroatoms. The highest BCUT2D eigenvalue weighted by atomic mass is 16.5. The van der Waals surface area contributed by atoms with E-state index in [2.05, 4.69) is 12.0 Å². The van der Waals surface area contributed by atoms with E-state index >= 15 is 0 Å². The second-order valence-corrected chi connectivity index (χ2v) is 5.13. The summed E-state index contributed by atoms with van der Waals surface area (Å²) in [5.41, 5.74) is 0.776. The van der Waals surface area contributed by atoms with Crippen molar-refractivity contribution in [3.8, 4) is 0 Å². The average molecular weight is 252 g/mol. The summed E-state index contributed by atoms with van der Waals surface area (Å²) in [6, 6.07) is 0. The second-order valence-electron chi connectivity index (χ2n) is 5.13. The molecule has 18 heavy (non-hydrogen) atoms. The molecule has 1 aromatic heterocycles. The van der Waals surface area contributed by atoms with Crippen LogP contribution in [0, 0.1) is 0 Å². The number of nitrogens with zero attached hydrogens (tertiary/aromatic N) is 2. The Morgan fingerprint density at radius 1 is 1.44 bits per heavy atom. The lowest BCUT2D eigenvalue weighted by Gasteiger charge is -2.34. The summed E-state index contributed by atoms with van der Waals surface area (Å²) in [5, 5.41) is 14.8. The molecular formula is C14H24N2O2. The van der Waals surface area contributed by atoms with Crippen molar-refractivity contribution in [2.24, 2.45) is 0 Å². The van der Waals surface area contributed by atoms with Gasteiger partial charge in [0.05, 0.1) is 17.9 Å². The number of ether oxygens (including phenoxy) is 1. The highest BCUT2D eigenvalue weighted by molar-refractivity contribution is 5.08. The number of rotatable bonds is 6. The Labute approximate surface area is 109 Å². The summed E-state index contributed by atoms with van der Waals surface area (Å²) in [5.74, 6) is 0. The van der Waals surface area contributed by atoms with Gasteiger partial charge in [0.1, 0.15) is 0 Å². The Morgan fingerprint density at radius 2 is 2.17 bits per heavy atom. The number of aromatic nitrogens is 2. The number of aryl methyl sites for hydroxylation is 1. The van der Waals surface area contributed by atoms with Crippen LogP contribution in [-0.2, 0) is 17.7 Å². The molecule has 1 aliphatic carbocycles. The van der Waals surface area contributed by atoms with Crippen LogP contribution in [0.4, 0.5) is 0 Å². The van der Waals surface area contributed by atoms with Crippen molar-refractivity contribution in [1.29, 1.82) is 0 Å². The molecule has 0 aliphatic heterocycles. The Bertz CT molecular complexity index is 370. The molecular weight excluding hydrogens is 228 g/mol. The molecule has 0 radical (unpaired) electrons. The number of hydrogen-bond donors (Lipinski definition) is 1. The van der Waals surface area contributed by atoms with Crippen molar-refractivity contribution in [2.45, 2.75) is 64.2 Å². The minimum atomic E-state index is -0.422. The lowest BCUT2D eigenvalue weighted by molar-refractivity contribution is -0.115. The Kier molecular flexibility index (Phi) is 4.40. The molecule has 1 N–H and O–H groups in total. The quantitative estimate of drug-likeness (QED) is 0.844. The summed E-state index contributed by atoms with van der Waals surface area (Å²) < 4.78 is 7.77. The average Bonchev–Trinajstić information content (AvgIpc) is 2.99. The van der Waals surface area contributed by atoms with Gasteiger partial charge in [-0.15, -0.1) is 0 Å². The van der Waals surface area contributed by atoms with E-state index < -0.39 is 6.10 Å². The molecule has 1 fully saturated rings. The molecule has 1 saturated carbocycles. The van der Waals surface area contributed by atoms with Gasteiger partial charge in [-0.05, 0) is 32.3 Å². The highest BCUT2D eigenvalue weighted by Gasteiger charge is 2.41. The van der Waals surface area contributed by atoms with Gasteiger partial charge in [0.25, 0.3) is 0 Å². The van der Waals surface area contributed by atoms with Gasteiger partial charge in [-0.3, -0.25) is 4.68 Å². The van der Waals surface area contributed by atoms with Crippen molar-refractivity contribution in [2.75, 3.05) is 6.61 Å². The molecule has 1 heterocycles. The third-order valence-corrected chi connectivity index (χ3v) is 3.93. The first kappa shape index (κ1) is 13.6. The summed E-state index contributed by atoms with van der Waals surface area (Å²) in [4.78, 5) is 0. The minimum absolute atomic E-state index is 0.316. The van der Waals surface area contributed by atoms with Crippen molar-refractivity contribution in [1.82, 2.24) is 9.78 Å². The first-order valence-corrected chi connectivity index (χ1v) is 7.03. The third kappa shape index (κ3) is 2.75. The molecule has 102 valence electrons. The lowest BCUT2D eigenvalue weighted by atomic mass is 9.90. The Balaban J connectivity index is 2.02. The maximum absolute atomic E-state index is 10.5. The minimum Gasteiger partial charge on any atom is -0.390 e. The van der Waals surface area contributed by atoms with Crippen LogP contribution in [0.25, 0.3) is 0 Å². The second kappa shape index (κ2) is 5.85. The monoisotopic (exact) mass is 252 g/mol. The molecule has 1 unspecified atom stereocenters. The number of aliphatic hydroxyl groups excluding tert-OH is 1. The van der Waals surface area contributed by atoms with E-state index in [9.17, 15) is 5.11 Å². The molecule has 0 aromatic carbocycles. The van der Waals surface area contributed by atoms with E-state index in [4.69, 9.17) is 4.74 Å². The fourth-order valence-corrected chi connectivity index (χ4v) is 2.93. The zero-order valence-corrected chi connectivity index (χ0v) is 11.4. The van der Waals surface area contributed by atoms with Gasteiger partial charge in [-0.2, -0.15) is 5.10 Å². The van der Waals surface area contributed by atoms with Crippen molar-refractivity contribution < 1.29 is 9.84 Å². The molecule has 1 atom stereocenters. The molecule has 2 rings (SSSR count). The third-order valence-electron chi connectivity index (χ3n) is 3.93.